The lowest BCUT2D eigenvalue weighted by molar-refractivity contribution is -0.132. The fourth-order valence-electron chi connectivity index (χ4n) is 4.83. The summed E-state index contributed by atoms with van der Waals surface area (Å²) in [6, 6.07) is 11.4. The second kappa shape index (κ2) is 10.6. The lowest BCUT2D eigenvalue weighted by atomic mass is 9.93. The number of urea groups is 1. The molecule has 1 N–H and O–H groups in total. The third-order valence-corrected chi connectivity index (χ3v) is 7.19. The summed E-state index contributed by atoms with van der Waals surface area (Å²) in [6.07, 6.45) is 4.46. The second-order valence-corrected chi connectivity index (χ2v) is 9.79. The molecule has 0 saturated carbocycles. The van der Waals surface area contributed by atoms with Crippen LogP contribution < -0.4 is 10.1 Å². The van der Waals surface area contributed by atoms with Gasteiger partial charge >= 0.3 is 6.03 Å². The van der Waals surface area contributed by atoms with Crippen LogP contribution in [-0.4, -0.2) is 109 Å². The van der Waals surface area contributed by atoms with Crippen LogP contribution in [0.5, 0.6) is 5.75 Å². The topological polar surface area (TPSA) is 81.2 Å². The van der Waals surface area contributed by atoms with Crippen molar-refractivity contribution in [2.75, 3.05) is 71.3 Å². The Labute approximate surface area is 206 Å². The van der Waals surface area contributed by atoms with E-state index in [1.54, 1.807) is 11.1 Å². The maximum absolute atomic E-state index is 12.7. The number of carbonyl (C=O) groups is 2. The number of rotatable bonds is 6. The summed E-state index contributed by atoms with van der Waals surface area (Å²) in [5, 5.41) is 2.96. The van der Waals surface area contributed by atoms with Gasteiger partial charge in [0.15, 0.2) is 0 Å². The van der Waals surface area contributed by atoms with Gasteiger partial charge in [-0.05, 0) is 42.9 Å². The van der Waals surface area contributed by atoms with Crippen LogP contribution in [0.4, 0.5) is 10.5 Å². The maximum Gasteiger partial charge on any atom is 0.321 e. The number of likely N-dealkylation sites (N-methyl/N-ethyl adjacent to an activating group) is 1. The largest absolute Gasteiger partial charge is 0.489 e. The number of nitrogens with one attached hydrogen (secondary N) is 1. The summed E-state index contributed by atoms with van der Waals surface area (Å²) >= 11 is 0. The molecule has 0 bridgehead atoms. The van der Waals surface area contributed by atoms with Gasteiger partial charge in [-0.3, -0.25) is 14.7 Å². The Balaban J connectivity index is 1.04. The third-order valence-electron chi connectivity index (χ3n) is 7.19. The zero-order valence-corrected chi connectivity index (χ0v) is 20.3. The minimum absolute atomic E-state index is 0.00243. The zero-order valence-electron chi connectivity index (χ0n) is 20.3. The minimum Gasteiger partial charge on any atom is -0.489 e. The van der Waals surface area contributed by atoms with Crippen LogP contribution in [0.15, 0.2) is 48.8 Å². The van der Waals surface area contributed by atoms with Gasteiger partial charge < -0.3 is 24.8 Å². The third kappa shape index (κ3) is 5.91. The molecule has 3 fully saturated rings. The molecule has 9 heteroatoms. The van der Waals surface area contributed by atoms with E-state index >= 15 is 0 Å². The highest BCUT2D eigenvalue weighted by molar-refractivity contribution is 5.90. The summed E-state index contributed by atoms with van der Waals surface area (Å²) in [5.74, 6) is 1.29. The molecule has 35 heavy (non-hydrogen) atoms. The number of amides is 3. The number of ether oxygens (including phenoxy) is 1. The molecule has 0 unspecified atom stereocenters. The molecule has 0 spiro atoms. The van der Waals surface area contributed by atoms with Gasteiger partial charge in [-0.2, -0.15) is 0 Å². The zero-order chi connectivity index (χ0) is 24.2. The van der Waals surface area contributed by atoms with E-state index in [4.69, 9.17) is 4.74 Å². The van der Waals surface area contributed by atoms with Crippen molar-refractivity contribution in [3.8, 4) is 5.75 Å². The highest BCUT2D eigenvalue weighted by atomic mass is 16.5. The van der Waals surface area contributed by atoms with E-state index < -0.39 is 0 Å². The molecule has 186 valence electrons. The average molecular weight is 479 g/mol. The first-order chi connectivity index (χ1) is 17.0. The monoisotopic (exact) mass is 478 g/mol. The van der Waals surface area contributed by atoms with Gasteiger partial charge in [0, 0.05) is 76.2 Å². The highest BCUT2D eigenvalue weighted by Crippen LogP contribution is 2.27. The van der Waals surface area contributed by atoms with E-state index in [1.165, 1.54) is 5.56 Å². The van der Waals surface area contributed by atoms with Crippen LogP contribution in [0.1, 0.15) is 17.9 Å². The van der Waals surface area contributed by atoms with Crippen molar-refractivity contribution in [2.45, 2.75) is 18.4 Å². The number of hydrogen-bond donors (Lipinski definition) is 1. The number of carbonyl (C=O) groups excluding carboxylic acids is 2. The Morgan fingerprint density at radius 3 is 2.49 bits per heavy atom. The fourth-order valence-corrected chi connectivity index (χ4v) is 4.83. The van der Waals surface area contributed by atoms with Crippen molar-refractivity contribution in [2.24, 2.45) is 0 Å². The predicted molar refractivity (Wildman–Crippen MR) is 134 cm³/mol. The summed E-state index contributed by atoms with van der Waals surface area (Å²) in [5.41, 5.74) is 1.91. The molecule has 1 aromatic carbocycles. The molecule has 0 aliphatic carbocycles. The number of nitrogens with zero attached hydrogens (tertiary/aromatic N) is 5. The van der Waals surface area contributed by atoms with Gasteiger partial charge in [-0.25, -0.2) is 4.79 Å². The Morgan fingerprint density at radius 1 is 1.00 bits per heavy atom. The lowest BCUT2D eigenvalue weighted by Gasteiger charge is -2.39. The number of benzene rings is 1. The molecule has 3 amide bonds. The molecule has 1 atom stereocenters. The number of aromatic nitrogens is 1. The smallest absolute Gasteiger partial charge is 0.321 e. The Hall–Kier alpha value is -3.17. The summed E-state index contributed by atoms with van der Waals surface area (Å²) in [7, 11) is 2.12. The maximum atomic E-state index is 12.7. The standard InChI is InChI=1S/C26H34N6O3/c1-29-11-13-30(14-12-29)19-25(33)31-10-8-24(18-31)35-23-6-4-22(5-7-23)28-26(34)32-16-21(17-32)20-3-2-9-27-15-20/h2-7,9,15,21,24H,8,10-14,16-19H2,1H3,(H,28,34)/t24-/m1/s1. The molecule has 4 heterocycles. The van der Waals surface area contributed by atoms with E-state index in [0.717, 1.165) is 50.6 Å². The molecule has 9 nitrogen and oxygen atoms in total. The van der Waals surface area contributed by atoms with Gasteiger partial charge in [0.2, 0.25) is 5.91 Å². The van der Waals surface area contributed by atoms with Crippen LogP contribution in [-0.2, 0) is 4.79 Å². The van der Waals surface area contributed by atoms with E-state index in [9.17, 15) is 9.59 Å². The number of piperazine rings is 1. The second-order valence-electron chi connectivity index (χ2n) is 9.79. The predicted octanol–water partition coefficient (Wildman–Crippen LogP) is 1.94. The first-order valence-corrected chi connectivity index (χ1v) is 12.4. The summed E-state index contributed by atoms with van der Waals surface area (Å²) in [6.45, 7) is 7.17. The molecular weight excluding hydrogens is 444 g/mol. The fraction of sp³-hybridized carbons (Fsp3) is 0.500. The van der Waals surface area contributed by atoms with Crippen LogP contribution in [0.2, 0.25) is 0 Å². The quantitative estimate of drug-likeness (QED) is 0.684. The molecule has 5 rings (SSSR count). The number of likely N-dealkylation sites (tertiary alicyclic amines) is 2. The van der Waals surface area contributed by atoms with Crippen LogP contribution in [0.3, 0.4) is 0 Å². The lowest BCUT2D eigenvalue weighted by Crippen LogP contribution is -2.50. The van der Waals surface area contributed by atoms with Crippen LogP contribution in [0.25, 0.3) is 0 Å². The number of pyridine rings is 1. The van der Waals surface area contributed by atoms with Gasteiger partial charge in [0.25, 0.3) is 0 Å². The van der Waals surface area contributed by atoms with E-state index in [1.807, 2.05) is 41.4 Å². The van der Waals surface area contributed by atoms with Gasteiger partial charge in [0.1, 0.15) is 11.9 Å². The van der Waals surface area contributed by atoms with Crippen LogP contribution in [0, 0.1) is 0 Å². The Kier molecular flexibility index (Phi) is 7.15. The van der Waals surface area contributed by atoms with E-state index in [-0.39, 0.29) is 18.0 Å². The highest BCUT2D eigenvalue weighted by Gasteiger charge is 2.32. The first kappa shape index (κ1) is 23.6. The molecule has 2 aromatic rings. The normalized spacial score (nSPS) is 21.6. The Morgan fingerprint density at radius 2 is 1.77 bits per heavy atom. The summed E-state index contributed by atoms with van der Waals surface area (Å²) in [4.78, 5) is 37.6. The van der Waals surface area contributed by atoms with Crippen LogP contribution >= 0.6 is 0 Å². The van der Waals surface area contributed by atoms with Gasteiger partial charge in [-0.15, -0.1) is 0 Å². The average Bonchev–Trinajstić information content (AvgIpc) is 3.30. The number of anilines is 1. The first-order valence-electron chi connectivity index (χ1n) is 12.4. The molecule has 0 radical (unpaired) electrons. The van der Waals surface area contributed by atoms with Crippen molar-refractivity contribution >= 4 is 17.6 Å². The SMILES string of the molecule is CN1CCN(CC(=O)N2CC[C@@H](Oc3ccc(NC(=O)N4CC(c5cccnc5)C4)cc3)C2)CC1. The van der Waals surface area contributed by atoms with Crippen molar-refractivity contribution in [3.05, 3.63) is 54.4 Å². The van der Waals surface area contributed by atoms with Gasteiger partial charge in [-0.1, -0.05) is 6.07 Å². The van der Waals surface area contributed by atoms with E-state index in [2.05, 4.69) is 33.2 Å². The van der Waals surface area contributed by atoms with Gasteiger partial charge in [0.05, 0.1) is 13.1 Å². The van der Waals surface area contributed by atoms with Crippen molar-refractivity contribution in [3.63, 3.8) is 0 Å². The molecule has 1 aromatic heterocycles. The number of hydrogen-bond acceptors (Lipinski definition) is 6. The van der Waals surface area contributed by atoms with Crippen molar-refractivity contribution in [1.29, 1.82) is 0 Å². The Bertz CT molecular complexity index is 1000. The molecule has 3 aliphatic heterocycles. The van der Waals surface area contributed by atoms with E-state index in [0.29, 0.717) is 32.1 Å². The molecule has 3 aliphatic rings. The molecule has 3 saturated heterocycles. The van der Waals surface area contributed by atoms with Crippen molar-refractivity contribution in [1.82, 2.24) is 24.6 Å². The molecular formula is C26H34N6O3. The van der Waals surface area contributed by atoms with Crippen molar-refractivity contribution < 1.29 is 14.3 Å². The summed E-state index contributed by atoms with van der Waals surface area (Å²) < 4.78 is 6.12. The minimum atomic E-state index is -0.0934.